The van der Waals surface area contributed by atoms with E-state index in [-0.39, 0.29) is 0 Å². The molecule has 1 N–H and O–H groups in total. The summed E-state index contributed by atoms with van der Waals surface area (Å²) in [4.78, 5) is 5.47. The summed E-state index contributed by atoms with van der Waals surface area (Å²) in [5, 5.41) is 5.53. The van der Waals surface area contributed by atoms with Crippen LogP contribution < -0.4 is 5.32 Å². The predicted molar refractivity (Wildman–Crippen MR) is 71.5 cm³/mol. The third kappa shape index (κ3) is 3.14. The second kappa shape index (κ2) is 5.57. The zero-order valence-corrected chi connectivity index (χ0v) is 11.4. The molecule has 0 aromatic carbocycles. The van der Waals surface area contributed by atoms with Crippen molar-refractivity contribution in [1.29, 1.82) is 0 Å². The maximum atomic E-state index is 4.13. The highest BCUT2D eigenvalue weighted by molar-refractivity contribution is 9.10. The number of halogens is 1. The number of nitrogens with one attached hydrogen (secondary N) is 1. The summed E-state index contributed by atoms with van der Waals surface area (Å²) in [6.07, 6.45) is 3.75. The Balaban J connectivity index is 1.87. The molecule has 0 bridgehead atoms. The first-order valence-electron chi connectivity index (χ1n) is 5.09. The molecule has 0 saturated carbocycles. The van der Waals surface area contributed by atoms with Crippen LogP contribution in [0.15, 0.2) is 34.4 Å². The SMILES string of the molecule is Cc1ccncc1CNCc1cc(Br)cs1. The third-order valence-electron chi connectivity index (χ3n) is 2.38. The summed E-state index contributed by atoms with van der Waals surface area (Å²) in [6, 6.07) is 4.19. The minimum Gasteiger partial charge on any atom is -0.308 e. The van der Waals surface area contributed by atoms with Crippen LogP contribution in [0.4, 0.5) is 0 Å². The van der Waals surface area contributed by atoms with E-state index in [0.717, 1.165) is 17.6 Å². The van der Waals surface area contributed by atoms with E-state index in [9.17, 15) is 0 Å². The van der Waals surface area contributed by atoms with Crippen LogP contribution in [0.2, 0.25) is 0 Å². The molecule has 0 atom stereocenters. The highest BCUT2D eigenvalue weighted by Crippen LogP contribution is 2.19. The lowest BCUT2D eigenvalue weighted by atomic mass is 10.1. The van der Waals surface area contributed by atoms with Gasteiger partial charge in [-0.05, 0) is 46.1 Å². The molecule has 0 aliphatic carbocycles. The molecule has 2 rings (SSSR count). The van der Waals surface area contributed by atoms with Crippen LogP contribution in [0.5, 0.6) is 0 Å². The van der Waals surface area contributed by atoms with Crippen molar-refractivity contribution in [3.05, 3.63) is 50.4 Å². The van der Waals surface area contributed by atoms with Crippen LogP contribution in [-0.4, -0.2) is 4.98 Å². The molecule has 4 heteroatoms. The van der Waals surface area contributed by atoms with Gasteiger partial charge >= 0.3 is 0 Å². The van der Waals surface area contributed by atoms with E-state index < -0.39 is 0 Å². The average Bonchev–Trinajstić information content (AvgIpc) is 2.67. The smallest absolute Gasteiger partial charge is 0.0315 e. The molecule has 84 valence electrons. The van der Waals surface area contributed by atoms with Crippen molar-refractivity contribution in [3.63, 3.8) is 0 Å². The van der Waals surface area contributed by atoms with Gasteiger partial charge in [0.15, 0.2) is 0 Å². The minimum atomic E-state index is 0.870. The molecule has 2 nitrogen and oxygen atoms in total. The van der Waals surface area contributed by atoms with Gasteiger partial charge in [-0.1, -0.05) is 0 Å². The summed E-state index contributed by atoms with van der Waals surface area (Å²) in [6.45, 7) is 3.89. The molecule has 0 radical (unpaired) electrons. The second-order valence-electron chi connectivity index (χ2n) is 3.64. The van der Waals surface area contributed by atoms with Gasteiger partial charge in [-0.15, -0.1) is 11.3 Å². The number of aromatic nitrogens is 1. The van der Waals surface area contributed by atoms with Crippen molar-refractivity contribution >= 4 is 27.3 Å². The first-order chi connectivity index (χ1) is 7.75. The molecular weight excluding hydrogens is 284 g/mol. The Hall–Kier alpha value is -0.710. The molecule has 2 heterocycles. The summed E-state index contributed by atoms with van der Waals surface area (Å²) in [7, 11) is 0. The number of thiophene rings is 1. The Bertz CT molecular complexity index is 468. The summed E-state index contributed by atoms with van der Waals surface area (Å²) in [5.74, 6) is 0. The van der Waals surface area contributed by atoms with Crippen molar-refractivity contribution < 1.29 is 0 Å². The van der Waals surface area contributed by atoms with Crippen molar-refractivity contribution in [2.24, 2.45) is 0 Å². The van der Waals surface area contributed by atoms with E-state index >= 15 is 0 Å². The number of nitrogens with zero attached hydrogens (tertiary/aromatic N) is 1. The van der Waals surface area contributed by atoms with Crippen molar-refractivity contribution in [2.75, 3.05) is 0 Å². The molecule has 0 fully saturated rings. The van der Waals surface area contributed by atoms with E-state index in [1.165, 1.54) is 16.0 Å². The molecule has 2 aromatic heterocycles. The zero-order chi connectivity index (χ0) is 11.4. The lowest BCUT2D eigenvalue weighted by Gasteiger charge is -2.05. The molecular formula is C12H13BrN2S. The lowest BCUT2D eigenvalue weighted by Crippen LogP contribution is -2.12. The van der Waals surface area contributed by atoms with E-state index in [1.54, 1.807) is 11.3 Å². The lowest BCUT2D eigenvalue weighted by molar-refractivity contribution is 0.695. The highest BCUT2D eigenvalue weighted by atomic mass is 79.9. The standard InChI is InChI=1S/C12H13BrN2S/c1-9-2-3-14-5-10(9)6-15-7-12-4-11(13)8-16-12/h2-5,8,15H,6-7H2,1H3. The van der Waals surface area contributed by atoms with Gasteiger partial charge in [-0.25, -0.2) is 0 Å². The maximum absolute atomic E-state index is 4.13. The van der Waals surface area contributed by atoms with Crippen molar-refractivity contribution in [1.82, 2.24) is 10.3 Å². The fourth-order valence-corrected chi connectivity index (χ4v) is 2.87. The topological polar surface area (TPSA) is 24.9 Å². The molecule has 0 saturated heterocycles. The predicted octanol–water partition coefficient (Wildman–Crippen LogP) is 3.50. The van der Waals surface area contributed by atoms with Crippen LogP contribution in [0.1, 0.15) is 16.0 Å². The monoisotopic (exact) mass is 296 g/mol. The van der Waals surface area contributed by atoms with Gasteiger partial charge in [0.05, 0.1) is 0 Å². The number of rotatable bonds is 4. The van der Waals surface area contributed by atoms with Crippen LogP contribution in [-0.2, 0) is 13.1 Å². The Kier molecular flexibility index (Phi) is 4.09. The van der Waals surface area contributed by atoms with Gasteiger partial charge in [0.1, 0.15) is 0 Å². The third-order valence-corrected chi connectivity index (χ3v) is 4.08. The molecule has 0 aliphatic rings. The highest BCUT2D eigenvalue weighted by Gasteiger charge is 1.99. The van der Waals surface area contributed by atoms with Crippen molar-refractivity contribution in [3.8, 4) is 0 Å². The maximum Gasteiger partial charge on any atom is 0.0315 e. The Morgan fingerprint density at radius 3 is 3.00 bits per heavy atom. The summed E-state index contributed by atoms with van der Waals surface area (Å²) in [5.41, 5.74) is 2.55. The van der Waals surface area contributed by atoms with E-state index in [2.05, 4.69) is 44.6 Å². The molecule has 16 heavy (non-hydrogen) atoms. The summed E-state index contributed by atoms with van der Waals surface area (Å²) < 4.78 is 1.16. The molecule has 0 amide bonds. The molecule has 0 unspecified atom stereocenters. The van der Waals surface area contributed by atoms with Crippen molar-refractivity contribution in [2.45, 2.75) is 20.0 Å². The zero-order valence-electron chi connectivity index (χ0n) is 9.03. The molecule has 0 aliphatic heterocycles. The van der Waals surface area contributed by atoms with Crippen LogP contribution in [0.3, 0.4) is 0 Å². The Labute approximate surface area is 108 Å². The van der Waals surface area contributed by atoms with Gasteiger partial charge < -0.3 is 5.32 Å². The van der Waals surface area contributed by atoms with Gasteiger partial charge in [0, 0.05) is 40.2 Å². The first kappa shape index (κ1) is 11.8. The van der Waals surface area contributed by atoms with Gasteiger partial charge in [0.2, 0.25) is 0 Å². The van der Waals surface area contributed by atoms with E-state index in [0.29, 0.717) is 0 Å². The number of hydrogen-bond acceptors (Lipinski definition) is 3. The van der Waals surface area contributed by atoms with Crippen LogP contribution in [0, 0.1) is 6.92 Å². The largest absolute Gasteiger partial charge is 0.308 e. The van der Waals surface area contributed by atoms with Gasteiger partial charge in [-0.2, -0.15) is 0 Å². The number of aryl methyl sites for hydroxylation is 1. The fraction of sp³-hybridized carbons (Fsp3) is 0.250. The minimum absolute atomic E-state index is 0.870. The van der Waals surface area contributed by atoms with E-state index in [1.807, 2.05) is 18.5 Å². The van der Waals surface area contributed by atoms with Gasteiger partial charge in [-0.3, -0.25) is 4.98 Å². The van der Waals surface area contributed by atoms with Crippen LogP contribution >= 0.6 is 27.3 Å². The second-order valence-corrected chi connectivity index (χ2v) is 5.55. The van der Waals surface area contributed by atoms with Crippen LogP contribution in [0.25, 0.3) is 0 Å². The fourth-order valence-electron chi connectivity index (χ4n) is 1.45. The Morgan fingerprint density at radius 2 is 2.31 bits per heavy atom. The van der Waals surface area contributed by atoms with Gasteiger partial charge in [0.25, 0.3) is 0 Å². The van der Waals surface area contributed by atoms with E-state index in [4.69, 9.17) is 0 Å². The molecule has 2 aromatic rings. The molecule has 0 spiro atoms. The quantitative estimate of drug-likeness (QED) is 0.934. The number of hydrogen-bond donors (Lipinski definition) is 1. The summed E-state index contributed by atoms with van der Waals surface area (Å²) >= 11 is 5.22. The Morgan fingerprint density at radius 1 is 1.44 bits per heavy atom. The normalized spacial score (nSPS) is 10.6. The first-order valence-corrected chi connectivity index (χ1v) is 6.76. The number of pyridine rings is 1. The average molecular weight is 297 g/mol.